The third-order valence-electron chi connectivity index (χ3n) is 4.36. The number of ketones is 1. The molecule has 128 valence electrons. The van der Waals surface area contributed by atoms with Crippen LogP contribution in [0.15, 0.2) is 71.8 Å². The van der Waals surface area contributed by atoms with Gasteiger partial charge in [0.05, 0.1) is 18.3 Å². The zero-order valence-electron chi connectivity index (χ0n) is 14.2. The Hall–Kier alpha value is -3.05. The summed E-state index contributed by atoms with van der Waals surface area (Å²) in [5.41, 5.74) is 2.40. The molecular formula is C21H16N2O2S. The van der Waals surface area contributed by atoms with Crippen LogP contribution in [-0.2, 0) is 6.54 Å². The van der Waals surface area contributed by atoms with E-state index in [4.69, 9.17) is 0 Å². The van der Waals surface area contributed by atoms with E-state index in [1.54, 1.807) is 12.1 Å². The van der Waals surface area contributed by atoms with Gasteiger partial charge in [-0.3, -0.25) is 14.2 Å². The average molecular weight is 360 g/mol. The summed E-state index contributed by atoms with van der Waals surface area (Å²) in [6.07, 6.45) is 1.47. The maximum atomic E-state index is 12.9. The number of carbonyl (C=O) groups excluding carboxylic acids is 1. The van der Waals surface area contributed by atoms with Gasteiger partial charge >= 0.3 is 0 Å². The molecular weight excluding hydrogens is 344 g/mol. The van der Waals surface area contributed by atoms with Crippen LogP contribution >= 0.6 is 11.3 Å². The Balaban J connectivity index is 1.77. The number of carbonyl (C=O) groups is 1. The minimum absolute atomic E-state index is 0.0122. The molecule has 2 aromatic heterocycles. The van der Waals surface area contributed by atoms with Gasteiger partial charge in [0, 0.05) is 10.4 Å². The Morgan fingerprint density at radius 2 is 1.69 bits per heavy atom. The van der Waals surface area contributed by atoms with Crippen molar-refractivity contribution in [3.8, 4) is 10.4 Å². The van der Waals surface area contributed by atoms with Crippen molar-refractivity contribution >= 4 is 27.3 Å². The summed E-state index contributed by atoms with van der Waals surface area (Å²) in [6.45, 7) is 1.93. The number of Topliss-reactive ketones (excluding diaryl/α,β-unsaturated/α-hetero) is 1. The van der Waals surface area contributed by atoms with Gasteiger partial charge in [0.15, 0.2) is 5.78 Å². The molecule has 0 fully saturated rings. The van der Waals surface area contributed by atoms with Crippen LogP contribution in [0.5, 0.6) is 0 Å². The predicted molar refractivity (Wildman–Crippen MR) is 105 cm³/mol. The van der Waals surface area contributed by atoms with Crippen molar-refractivity contribution in [2.75, 3.05) is 0 Å². The molecule has 0 unspecified atom stereocenters. The zero-order valence-corrected chi connectivity index (χ0v) is 15.0. The second-order valence-electron chi connectivity index (χ2n) is 6.07. The first-order chi connectivity index (χ1) is 12.6. The molecule has 0 saturated carbocycles. The van der Waals surface area contributed by atoms with Crippen molar-refractivity contribution < 1.29 is 4.79 Å². The third kappa shape index (κ3) is 2.86. The summed E-state index contributed by atoms with van der Waals surface area (Å²) in [5, 5.41) is 0.595. The fraction of sp³-hybridized carbons (Fsp3) is 0.0952. The van der Waals surface area contributed by atoms with Gasteiger partial charge in [0.1, 0.15) is 4.83 Å². The SMILES string of the molecule is Cc1c(-c2ccccc2)sc2ncn(CC(=O)c3ccccc3)c(=O)c12. The van der Waals surface area contributed by atoms with Crippen LogP contribution in [0.1, 0.15) is 15.9 Å². The van der Waals surface area contributed by atoms with Crippen LogP contribution in [0, 0.1) is 6.92 Å². The molecule has 0 saturated heterocycles. The van der Waals surface area contributed by atoms with E-state index in [-0.39, 0.29) is 17.9 Å². The Labute approximate surface area is 154 Å². The van der Waals surface area contributed by atoms with Gasteiger partial charge in [-0.15, -0.1) is 11.3 Å². The lowest BCUT2D eigenvalue weighted by Crippen LogP contribution is -2.24. The second kappa shape index (κ2) is 6.69. The summed E-state index contributed by atoms with van der Waals surface area (Å²) in [5.74, 6) is -0.106. The van der Waals surface area contributed by atoms with Gasteiger partial charge in [0.25, 0.3) is 5.56 Å². The standard InChI is InChI=1S/C21H16N2O2S/c1-14-18-20(26-19(14)16-10-6-3-7-11-16)22-13-23(21(18)25)12-17(24)15-8-4-2-5-9-15/h2-11,13H,12H2,1H3. The molecule has 0 N–H and O–H groups in total. The topological polar surface area (TPSA) is 52.0 Å². The van der Waals surface area contributed by atoms with Crippen LogP contribution in [0.2, 0.25) is 0 Å². The van der Waals surface area contributed by atoms with Gasteiger partial charge in [-0.05, 0) is 18.1 Å². The summed E-state index contributed by atoms with van der Waals surface area (Å²) >= 11 is 1.51. The van der Waals surface area contributed by atoms with Crippen molar-refractivity contribution in [3.63, 3.8) is 0 Å². The minimum Gasteiger partial charge on any atom is -0.292 e. The third-order valence-corrected chi connectivity index (χ3v) is 5.61. The molecule has 0 radical (unpaired) electrons. The van der Waals surface area contributed by atoms with Crippen LogP contribution in [0.25, 0.3) is 20.7 Å². The lowest BCUT2D eigenvalue weighted by atomic mass is 10.1. The first kappa shape index (κ1) is 16.4. The van der Waals surface area contributed by atoms with Crippen molar-refractivity contribution in [2.24, 2.45) is 0 Å². The smallest absolute Gasteiger partial charge is 0.262 e. The minimum atomic E-state index is -0.171. The molecule has 0 bridgehead atoms. The molecule has 26 heavy (non-hydrogen) atoms. The lowest BCUT2D eigenvalue weighted by molar-refractivity contribution is 0.0970. The summed E-state index contributed by atoms with van der Waals surface area (Å²) in [4.78, 5) is 31.5. The lowest BCUT2D eigenvalue weighted by Gasteiger charge is -2.05. The number of rotatable bonds is 4. The quantitative estimate of drug-likeness (QED) is 0.509. The normalized spacial score (nSPS) is 11.0. The first-order valence-electron chi connectivity index (χ1n) is 8.27. The van der Waals surface area contributed by atoms with E-state index in [0.717, 1.165) is 16.0 Å². The average Bonchev–Trinajstić information content (AvgIpc) is 3.02. The highest BCUT2D eigenvalue weighted by atomic mass is 32.1. The molecule has 4 aromatic rings. The van der Waals surface area contributed by atoms with Crippen molar-refractivity contribution in [1.82, 2.24) is 9.55 Å². The van der Waals surface area contributed by atoms with Crippen LogP contribution in [-0.4, -0.2) is 15.3 Å². The highest BCUT2D eigenvalue weighted by Gasteiger charge is 2.17. The number of thiophene rings is 1. The largest absolute Gasteiger partial charge is 0.292 e. The molecule has 2 heterocycles. The van der Waals surface area contributed by atoms with E-state index in [0.29, 0.717) is 15.8 Å². The second-order valence-corrected chi connectivity index (χ2v) is 7.07. The zero-order chi connectivity index (χ0) is 18.1. The molecule has 2 aromatic carbocycles. The van der Waals surface area contributed by atoms with Gasteiger partial charge in [-0.2, -0.15) is 0 Å². The fourth-order valence-corrected chi connectivity index (χ4v) is 4.15. The number of hydrogen-bond donors (Lipinski definition) is 0. The van der Waals surface area contributed by atoms with Crippen molar-refractivity contribution in [3.05, 3.63) is 88.5 Å². The van der Waals surface area contributed by atoms with E-state index in [1.165, 1.54) is 22.2 Å². The molecule has 0 spiro atoms. The van der Waals surface area contributed by atoms with Crippen LogP contribution < -0.4 is 5.56 Å². The summed E-state index contributed by atoms with van der Waals surface area (Å²) in [7, 11) is 0. The molecule has 0 aliphatic heterocycles. The van der Waals surface area contributed by atoms with Crippen molar-refractivity contribution in [2.45, 2.75) is 13.5 Å². The monoisotopic (exact) mass is 360 g/mol. The Morgan fingerprint density at radius 3 is 2.38 bits per heavy atom. The highest BCUT2D eigenvalue weighted by molar-refractivity contribution is 7.22. The summed E-state index contributed by atoms with van der Waals surface area (Å²) in [6, 6.07) is 18.9. The van der Waals surface area contributed by atoms with E-state index >= 15 is 0 Å². The van der Waals surface area contributed by atoms with E-state index in [9.17, 15) is 9.59 Å². The summed E-state index contributed by atoms with van der Waals surface area (Å²) < 4.78 is 1.40. The van der Waals surface area contributed by atoms with E-state index < -0.39 is 0 Å². The fourth-order valence-electron chi connectivity index (χ4n) is 3.01. The van der Waals surface area contributed by atoms with E-state index in [1.807, 2.05) is 55.5 Å². The van der Waals surface area contributed by atoms with Crippen molar-refractivity contribution in [1.29, 1.82) is 0 Å². The number of aryl methyl sites for hydroxylation is 1. The highest BCUT2D eigenvalue weighted by Crippen LogP contribution is 2.35. The number of nitrogens with zero attached hydrogens (tertiary/aromatic N) is 2. The molecule has 0 aliphatic carbocycles. The number of fused-ring (bicyclic) bond motifs is 1. The number of benzene rings is 2. The van der Waals surface area contributed by atoms with E-state index in [2.05, 4.69) is 4.98 Å². The van der Waals surface area contributed by atoms with Gasteiger partial charge in [-0.25, -0.2) is 4.98 Å². The Bertz CT molecular complexity index is 1150. The maximum Gasteiger partial charge on any atom is 0.262 e. The van der Waals surface area contributed by atoms with Gasteiger partial charge in [-0.1, -0.05) is 60.7 Å². The van der Waals surface area contributed by atoms with Gasteiger partial charge in [0.2, 0.25) is 0 Å². The maximum absolute atomic E-state index is 12.9. The van der Waals surface area contributed by atoms with Gasteiger partial charge < -0.3 is 0 Å². The number of aromatic nitrogens is 2. The molecule has 5 heteroatoms. The molecule has 4 rings (SSSR count). The molecule has 0 atom stereocenters. The molecule has 4 nitrogen and oxygen atoms in total. The van der Waals surface area contributed by atoms with Crippen LogP contribution in [0.4, 0.5) is 0 Å². The number of hydrogen-bond acceptors (Lipinski definition) is 4. The first-order valence-corrected chi connectivity index (χ1v) is 9.09. The predicted octanol–water partition coefficient (Wildman–Crippen LogP) is 4.32. The Kier molecular flexibility index (Phi) is 4.22. The molecule has 0 amide bonds. The Morgan fingerprint density at radius 1 is 1.04 bits per heavy atom. The van der Waals surface area contributed by atoms with Crippen LogP contribution in [0.3, 0.4) is 0 Å². The molecule has 0 aliphatic rings.